The number of carbonyl (C=O) groups is 4. The van der Waals surface area contributed by atoms with E-state index in [1.165, 1.54) is 33.5 Å². The van der Waals surface area contributed by atoms with Gasteiger partial charge in [0.15, 0.2) is 0 Å². The van der Waals surface area contributed by atoms with Crippen molar-refractivity contribution in [2.45, 2.75) is 59.4 Å². The molecular formula is C37H40BNNaO7. The van der Waals surface area contributed by atoms with E-state index in [2.05, 4.69) is 88.7 Å². The molecule has 0 unspecified atom stereocenters. The summed E-state index contributed by atoms with van der Waals surface area (Å²) in [4.78, 5) is 47.1. The van der Waals surface area contributed by atoms with Crippen molar-refractivity contribution < 1.29 is 63.6 Å². The molecule has 1 N–H and O–H groups in total. The van der Waals surface area contributed by atoms with Gasteiger partial charge in [0.25, 0.3) is 0 Å². The van der Waals surface area contributed by atoms with E-state index in [-0.39, 0.29) is 38.0 Å². The Kier molecular flexibility index (Phi) is 21.9. The minimum absolute atomic E-state index is 0. The van der Waals surface area contributed by atoms with Crippen LogP contribution in [0.3, 0.4) is 0 Å². The van der Waals surface area contributed by atoms with Crippen molar-refractivity contribution in [1.29, 1.82) is 0 Å². The maximum absolute atomic E-state index is 10.9. The van der Waals surface area contributed by atoms with Crippen LogP contribution in [-0.4, -0.2) is 38.1 Å². The van der Waals surface area contributed by atoms with E-state index in [9.17, 15) is 14.4 Å². The van der Waals surface area contributed by atoms with E-state index in [4.69, 9.17) is 9.90 Å². The number of fused-ring (bicyclic) bond motifs is 2. The number of para-hydroxylation sites is 1. The van der Waals surface area contributed by atoms with Crippen LogP contribution in [0.25, 0.3) is 0 Å². The van der Waals surface area contributed by atoms with E-state index in [0.29, 0.717) is 24.7 Å². The number of carboxylic acids is 1. The number of rotatable bonds is 2. The Morgan fingerprint density at radius 1 is 0.638 bits per heavy atom. The van der Waals surface area contributed by atoms with Gasteiger partial charge in [0, 0.05) is 52.8 Å². The summed E-state index contributed by atoms with van der Waals surface area (Å²) in [5.41, 5.74) is 7.97. The van der Waals surface area contributed by atoms with Crippen LogP contribution in [0.2, 0.25) is 0 Å². The predicted octanol–water partition coefficient (Wildman–Crippen LogP) is 2.02. The normalized spacial score (nSPS) is 11.4. The molecule has 4 aromatic carbocycles. The fourth-order valence-electron chi connectivity index (χ4n) is 4.47. The maximum atomic E-state index is 10.9. The zero-order chi connectivity index (χ0) is 33.0. The van der Waals surface area contributed by atoms with E-state index >= 15 is 0 Å². The molecule has 0 bridgehead atoms. The molecule has 0 fully saturated rings. The zero-order valence-corrected chi connectivity index (χ0v) is 29.7. The van der Waals surface area contributed by atoms with Crippen molar-refractivity contribution in [3.63, 3.8) is 0 Å². The van der Waals surface area contributed by atoms with Crippen molar-refractivity contribution in [2.75, 3.05) is 5.32 Å². The molecule has 0 atom stereocenters. The van der Waals surface area contributed by atoms with Crippen molar-refractivity contribution in [1.82, 2.24) is 0 Å². The van der Waals surface area contributed by atoms with Crippen molar-refractivity contribution in [2.24, 2.45) is 0 Å². The van der Waals surface area contributed by atoms with Crippen molar-refractivity contribution in [3.05, 3.63) is 137 Å². The quantitative estimate of drug-likeness (QED) is 0.200. The number of Topliss-reactive ketones (excluding diaryl/α,β-unsaturated/α-hetero) is 1. The van der Waals surface area contributed by atoms with Gasteiger partial charge >= 0.3 is 41.5 Å². The summed E-state index contributed by atoms with van der Waals surface area (Å²) < 4.78 is 0. The standard InChI is InChI=1S/C15H15N.C9H8O.C7H8.C4H6O4.C2H4O2.B.Na/c1-2-8-14(9-3-1)16-15-10-12-6-4-5-7-13(12)11-15;10-9-5-7-3-1-2-4-8(7)6-9;1-7-5-3-2-4-6-7;1-3(5)7-8-4(2)6;1-2(3)4;;/h1-9,15-16H,10-11H2;1-4H,5-6H2;2-6H,1H3;1-2H3;1H3,(H,3,4);;/q;;;;;;+1/p-1. The summed E-state index contributed by atoms with van der Waals surface area (Å²) in [6.07, 6.45) is 3.59. The number of aryl methyl sites for hydroxylation is 1. The Balaban J connectivity index is 0.000000599. The molecule has 239 valence electrons. The van der Waals surface area contributed by atoms with Gasteiger partial charge in [-0.05, 0) is 61.1 Å². The first kappa shape index (κ1) is 42.8. The second-order valence-corrected chi connectivity index (χ2v) is 10.3. The van der Waals surface area contributed by atoms with Gasteiger partial charge in [0.2, 0.25) is 0 Å². The van der Waals surface area contributed by atoms with Crippen LogP contribution in [0.5, 0.6) is 0 Å². The fraction of sp³-hybridized carbons (Fsp3) is 0.243. The molecule has 8 nitrogen and oxygen atoms in total. The van der Waals surface area contributed by atoms with Crippen LogP contribution in [0.1, 0.15) is 48.6 Å². The van der Waals surface area contributed by atoms with Crippen LogP contribution in [0.15, 0.2) is 109 Å². The summed E-state index contributed by atoms with van der Waals surface area (Å²) >= 11 is 0. The minimum atomic E-state index is -1.08. The monoisotopic (exact) mass is 644 g/mol. The third-order valence-electron chi connectivity index (χ3n) is 6.31. The van der Waals surface area contributed by atoms with Crippen LogP contribution in [-0.2, 0) is 54.6 Å². The molecule has 0 amide bonds. The molecule has 3 radical (unpaired) electrons. The fourth-order valence-corrected chi connectivity index (χ4v) is 4.47. The number of benzene rings is 4. The molecule has 10 heteroatoms. The van der Waals surface area contributed by atoms with Crippen LogP contribution in [0, 0.1) is 6.92 Å². The Morgan fingerprint density at radius 3 is 1.32 bits per heavy atom. The third kappa shape index (κ3) is 19.2. The molecule has 6 rings (SSSR count). The summed E-state index contributed by atoms with van der Waals surface area (Å²) in [5, 5.41) is 12.5. The minimum Gasteiger partial charge on any atom is -0.550 e. The molecule has 2 aliphatic carbocycles. The molecule has 0 saturated heterocycles. The molecule has 0 heterocycles. The maximum Gasteiger partial charge on any atom is 1.00 e. The van der Waals surface area contributed by atoms with E-state index in [0.717, 1.165) is 33.6 Å². The number of carboxylic acid groups (broad SMARTS) is 1. The third-order valence-corrected chi connectivity index (χ3v) is 6.31. The molecule has 4 aromatic rings. The SMILES string of the molecule is CC(=O)OOC(C)=O.CC(=O)[O-].Cc1ccccc1.O=C1Cc2ccccc2C1.[B].[Na+].c1ccc(NC2Cc3ccccc3C2)cc1. The largest absolute Gasteiger partial charge is 1.00 e. The zero-order valence-electron chi connectivity index (χ0n) is 27.7. The van der Waals surface area contributed by atoms with Gasteiger partial charge in [-0.3, -0.25) is 4.79 Å². The van der Waals surface area contributed by atoms with E-state index < -0.39 is 17.9 Å². The summed E-state index contributed by atoms with van der Waals surface area (Å²) in [5.74, 6) is -2.01. The average Bonchev–Trinajstić information content (AvgIpc) is 3.59. The van der Waals surface area contributed by atoms with Crippen molar-refractivity contribution in [3.8, 4) is 0 Å². The number of nitrogens with one attached hydrogen (secondary N) is 1. The number of anilines is 1. The topological polar surface area (TPSA) is 122 Å². The summed E-state index contributed by atoms with van der Waals surface area (Å²) in [6, 6.07) is 38.0. The number of hydrogen-bond acceptors (Lipinski definition) is 8. The smallest absolute Gasteiger partial charge is 0.550 e. The molecule has 0 spiro atoms. The van der Waals surface area contributed by atoms with Gasteiger partial charge in [-0.2, -0.15) is 0 Å². The van der Waals surface area contributed by atoms with E-state index in [1.807, 2.05) is 42.5 Å². The molecule has 0 aromatic heterocycles. The van der Waals surface area contributed by atoms with Crippen LogP contribution < -0.4 is 40.0 Å². The number of carbonyl (C=O) groups excluding carboxylic acids is 4. The van der Waals surface area contributed by atoms with E-state index in [1.54, 1.807) is 0 Å². The first-order valence-corrected chi connectivity index (χ1v) is 14.5. The van der Waals surface area contributed by atoms with Gasteiger partial charge in [-0.1, -0.05) is 103 Å². The Bertz CT molecular complexity index is 1450. The Morgan fingerprint density at radius 2 is 0.979 bits per heavy atom. The van der Waals surface area contributed by atoms with Crippen LogP contribution >= 0.6 is 0 Å². The molecule has 0 aliphatic heterocycles. The molecule has 47 heavy (non-hydrogen) atoms. The number of ketones is 1. The average molecular weight is 645 g/mol. The number of hydrogen-bond donors (Lipinski definition) is 1. The second-order valence-electron chi connectivity index (χ2n) is 10.3. The number of aliphatic carboxylic acids is 1. The van der Waals surface area contributed by atoms with Gasteiger partial charge < -0.3 is 15.2 Å². The van der Waals surface area contributed by atoms with Crippen molar-refractivity contribution >= 4 is 37.8 Å². The molecule has 2 aliphatic rings. The summed E-state index contributed by atoms with van der Waals surface area (Å²) in [7, 11) is 0. The van der Waals surface area contributed by atoms with Gasteiger partial charge in [0.1, 0.15) is 5.78 Å². The van der Waals surface area contributed by atoms with Gasteiger partial charge in [-0.15, -0.1) is 0 Å². The first-order chi connectivity index (χ1) is 21.5. The Hall–Kier alpha value is -4.18. The van der Waals surface area contributed by atoms with Gasteiger partial charge in [-0.25, -0.2) is 19.4 Å². The van der Waals surface area contributed by atoms with Gasteiger partial charge in [0.05, 0.1) is 0 Å². The molecule has 0 saturated carbocycles. The Labute approximate surface area is 301 Å². The second kappa shape index (κ2) is 24.1. The first-order valence-electron chi connectivity index (χ1n) is 14.5. The van der Waals surface area contributed by atoms with Crippen LogP contribution in [0.4, 0.5) is 5.69 Å². The molecular weight excluding hydrogens is 604 g/mol. The summed E-state index contributed by atoms with van der Waals surface area (Å²) in [6.45, 7) is 5.34. The predicted molar refractivity (Wildman–Crippen MR) is 178 cm³/mol.